The molecule has 1 aliphatic carbocycles. The standard InChI is InChI=1S/C25H25O3P/c1-20-24(25(20,18-28-19-27-2)21-12-6-3-7-13-21)29(26,22-14-8-4-9-15-22)23-16-10-5-11-17-23/h3-17,24H,1,18-19H2,2H3/t24-,25+/m1/s1. The lowest BCUT2D eigenvalue weighted by atomic mass is 9.96. The van der Waals surface area contributed by atoms with E-state index in [0.29, 0.717) is 6.61 Å². The third kappa shape index (κ3) is 3.30. The fraction of sp³-hybridized carbons (Fsp3) is 0.200. The normalized spacial score (nSPS) is 21.1. The van der Waals surface area contributed by atoms with Crippen molar-refractivity contribution < 1.29 is 14.0 Å². The molecule has 4 rings (SSSR count). The molecule has 0 radical (unpaired) electrons. The van der Waals surface area contributed by atoms with Crippen molar-refractivity contribution >= 4 is 17.8 Å². The first-order valence-electron chi connectivity index (χ1n) is 9.68. The Bertz CT molecular complexity index is 974. The van der Waals surface area contributed by atoms with Crippen LogP contribution >= 0.6 is 7.14 Å². The second-order valence-corrected chi connectivity index (χ2v) is 10.2. The minimum Gasteiger partial charge on any atom is -0.359 e. The predicted octanol–water partition coefficient (Wildman–Crippen LogP) is 4.50. The second kappa shape index (κ2) is 8.12. The van der Waals surface area contributed by atoms with E-state index in [1.807, 2.05) is 78.9 Å². The summed E-state index contributed by atoms with van der Waals surface area (Å²) >= 11 is 0. The lowest BCUT2D eigenvalue weighted by Crippen LogP contribution is -2.27. The maximum absolute atomic E-state index is 14.9. The Hall–Kier alpha value is -2.45. The molecule has 1 aliphatic rings. The fourth-order valence-corrected chi connectivity index (χ4v) is 8.05. The highest BCUT2D eigenvalue weighted by Crippen LogP contribution is 2.71. The van der Waals surface area contributed by atoms with E-state index in [4.69, 9.17) is 9.47 Å². The number of methoxy groups -OCH3 is 1. The second-order valence-electron chi connectivity index (χ2n) is 7.35. The van der Waals surface area contributed by atoms with Gasteiger partial charge in [-0.1, -0.05) is 103 Å². The summed E-state index contributed by atoms with van der Waals surface area (Å²) in [6.45, 7) is 4.96. The van der Waals surface area contributed by atoms with E-state index in [1.165, 1.54) is 0 Å². The lowest BCUT2D eigenvalue weighted by Gasteiger charge is -2.24. The summed E-state index contributed by atoms with van der Waals surface area (Å²) in [7, 11) is -1.39. The highest BCUT2D eigenvalue weighted by molar-refractivity contribution is 7.80. The molecule has 1 saturated carbocycles. The van der Waals surface area contributed by atoms with Crippen LogP contribution in [0.15, 0.2) is 103 Å². The van der Waals surface area contributed by atoms with Gasteiger partial charge in [-0.25, -0.2) is 0 Å². The molecule has 0 N–H and O–H groups in total. The molecule has 0 bridgehead atoms. The summed E-state index contributed by atoms with van der Waals surface area (Å²) in [5, 5.41) is 1.70. The van der Waals surface area contributed by atoms with Crippen molar-refractivity contribution in [1.82, 2.24) is 0 Å². The summed E-state index contributed by atoms with van der Waals surface area (Å²) in [4.78, 5) is 0. The van der Waals surface area contributed by atoms with E-state index in [-0.39, 0.29) is 12.5 Å². The molecule has 148 valence electrons. The van der Waals surface area contributed by atoms with Crippen molar-refractivity contribution in [3.63, 3.8) is 0 Å². The minimum atomic E-state index is -3.00. The van der Waals surface area contributed by atoms with Gasteiger partial charge in [-0.15, -0.1) is 0 Å². The molecule has 1 fully saturated rings. The summed E-state index contributed by atoms with van der Waals surface area (Å²) < 4.78 is 25.8. The van der Waals surface area contributed by atoms with Crippen LogP contribution < -0.4 is 10.6 Å². The Kier molecular flexibility index (Phi) is 5.56. The number of hydrogen-bond acceptors (Lipinski definition) is 3. The lowest BCUT2D eigenvalue weighted by molar-refractivity contribution is -0.0371. The SMILES string of the molecule is C=C1[C@@H](P(=O)(c2ccccc2)c2ccccc2)[C@]1(COCOC)c1ccccc1. The van der Waals surface area contributed by atoms with Gasteiger partial charge in [0.25, 0.3) is 0 Å². The quantitative estimate of drug-likeness (QED) is 0.240. The first-order valence-corrected chi connectivity index (χ1v) is 11.5. The molecule has 2 atom stereocenters. The van der Waals surface area contributed by atoms with Crippen molar-refractivity contribution in [2.24, 2.45) is 0 Å². The van der Waals surface area contributed by atoms with E-state index in [0.717, 1.165) is 21.7 Å². The highest BCUT2D eigenvalue weighted by Gasteiger charge is 2.67. The van der Waals surface area contributed by atoms with Crippen molar-refractivity contribution in [3.8, 4) is 0 Å². The van der Waals surface area contributed by atoms with Crippen LogP contribution in [0.5, 0.6) is 0 Å². The van der Waals surface area contributed by atoms with E-state index in [1.54, 1.807) is 7.11 Å². The molecule has 0 heterocycles. The van der Waals surface area contributed by atoms with Crippen molar-refractivity contribution in [3.05, 3.63) is 109 Å². The molecule has 0 spiro atoms. The fourth-order valence-electron chi connectivity index (χ4n) is 4.32. The Morgan fingerprint density at radius 2 is 1.34 bits per heavy atom. The largest absolute Gasteiger partial charge is 0.359 e. The Morgan fingerprint density at radius 3 is 1.83 bits per heavy atom. The zero-order chi connectivity index (χ0) is 20.3. The molecule has 0 unspecified atom stereocenters. The zero-order valence-corrected chi connectivity index (χ0v) is 17.4. The van der Waals surface area contributed by atoms with Crippen molar-refractivity contribution in [1.29, 1.82) is 0 Å². The van der Waals surface area contributed by atoms with Crippen molar-refractivity contribution in [2.45, 2.75) is 11.1 Å². The molecule has 3 nitrogen and oxygen atoms in total. The van der Waals surface area contributed by atoms with Gasteiger partial charge in [0.1, 0.15) is 6.79 Å². The minimum absolute atomic E-state index is 0.190. The Morgan fingerprint density at radius 1 is 0.862 bits per heavy atom. The molecule has 3 aromatic carbocycles. The summed E-state index contributed by atoms with van der Waals surface area (Å²) in [5.74, 6) is 0. The summed E-state index contributed by atoms with van der Waals surface area (Å²) in [6, 6.07) is 29.7. The highest BCUT2D eigenvalue weighted by atomic mass is 31.2. The first kappa shape index (κ1) is 19.8. The van der Waals surface area contributed by atoms with Gasteiger partial charge in [0.05, 0.1) is 17.7 Å². The average Bonchev–Trinajstić information content (AvgIpc) is 3.40. The zero-order valence-electron chi connectivity index (χ0n) is 16.5. The molecular formula is C25H25O3P. The van der Waals surface area contributed by atoms with Crippen LogP contribution in [-0.4, -0.2) is 26.2 Å². The van der Waals surface area contributed by atoms with E-state index >= 15 is 0 Å². The van der Waals surface area contributed by atoms with Crippen LogP contribution in [0, 0.1) is 0 Å². The van der Waals surface area contributed by atoms with Crippen LogP contribution in [0.2, 0.25) is 0 Å². The molecule has 4 heteroatoms. The topological polar surface area (TPSA) is 35.5 Å². The van der Waals surface area contributed by atoms with Crippen LogP contribution in [-0.2, 0) is 19.5 Å². The number of benzene rings is 3. The maximum Gasteiger partial charge on any atom is 0.151 e. The smallest absolute Gasteiger partial charge is 0.151 e. The number of ether oxygens (including phenoxy) is 2. The predicted molar refractivity (Wildman–Crippen MR) is 119 cm³/mol. The third-order valence-corrected chi connectivity index (χ3v) is 9.36. The van der Waals surface area contributed by atoms with Crippen molar-refractivity contribution in [2.75, 3.05) is 20.5 Å². The Balaban J connectivity index is 1.87. The van der Waals surface area contributed by atoms with Gasteiger partial charge >= 0.3 is 0 Å². The molecule has 29 heavy (non-hydrogen) atoms. The van der Waals surface area contributed by atoms with Gasteiger partial charge < -0.3 is 14.0 Å². The van der Waals surface area contributed by atoms with Crippen LogP contribution in [0.3, 0.4) is 0 Å². The van der Waals surface area contributed by atoms with Gasteiger partial charge in [0.2, 0.25) is 0 Å². The van der Waals surface area contributed by atoms with Gasteiger partial charge in [-0.05, 0) is 5.56 Å². The van der Waals surface area contributed by atoms with E-state index in [2.05, 4.69) is 18.7 Å². The molecular weight excluding hydrogens is 379 g/mol. The maximum atomic E-state index is 14.9. The van der Waals surface area contributed by atoms with Crippen LogP contribution in [0.1, 0.15) is 5.56 Å². The number of rotatable bonds is 8. The monoisotopic (exact) mass is 404 g/mol. The molecule has 0 saturated heterocycles. The van der Waals surface area contributed by atoms with E-state index < -0.39 is 12.6 Å². The van der Waals surface area contributed by atoms with Gasteiger partial charge in [0, 0.05) is 17.7 Å². The average molecular weight is 404 g/mol. The molecule has 0 aliphatic heterocycles. The molecule has 0 amide bonds. The number of hydrogen-bond donors (Lipinski definition) is 0. The summed E-state index contributed by atoms with van der Waals surface area (Å²) in [5.41, 5.74) is 1.31. The first-order chi connectivity index (χ1) is 14.2. The van der Waals surface area contributed by atoms with Gasteiger partial charge in [0.15, 0.2) is 7.14 Å². The van der Waals surface area contributed by atoms with Crippen LogP contribution in [0.25, 0.3) is 0 Å². The molecule has 0 aromatic heterocycles. The van der Waals surface area contributed by atoms with E-state index in [9.17, 15) is 4.57 Å². The van der Waals surface area contributed by atoms with Gasteiger partial charge in [-0.3, -0.25) is 0 Å². The molecule has 3 aromatic rings. The summed E-state index contributed by atoms with van der Waals surface area (Å²) in [6.07, 6.45) is 0. The Labute approximate surface area is 172 Å². The van der Waals surface area contributed by atoms with Gasteiger partial charge in [-0.2, -0.15) is 0 Å². The van der Waals surface area contributed by atoms with Crippen LogP contribution in [0.4, 0.5) is 0 Å². The third-order valence-electron chi connectivity index (χ3n) is 5.75.